The molecule has 1 atom stereocenters. The third-order valence-electron chi connectivity index (χ3n) is 2.67. The molecule has 0 radical (unpaired) electrons. The van der Waals surface area contributed by atoms with Crippen molar-refractivity contribution in [1.29, 1.82) is 0 Å². The second kappa shape index (κ2) is 6.21. The highest BCUT2D eigenvalue weighted by molar-refractivity contribution is 7.21. The average Bonchev–Trinajstić information content (AvgIpc) is 2.81. The number of aliphatic hydroxyl groups excluding tert-OH is 1. The Balaban J connectivity index is 2.12. The molecule has 1 heterocycles. The van der Waals surface area contributed by atoms with E-state index < -0.39 is 18.0 Å². The van der Waals surface area contributed by atoms with E-state index in [2.05, 4.69) is 10.1 Å². The van der Waals surface area contributed by atoms with E-state index in [9.17, 15) is 14.7 Å². The van der Waals surface area contributed by atoms with Crippen LogP contribution in [0.3, 0.4) is 0 Å². The molecule has 106 valence electrons. The van der Waals surface area contributed by atoms with E-state index in [0.717, 1.165) is 17.2 Å². The lowest BCUT2D eigenvalue weighted by Gasteiger charge is -2.09. The fourth-order valence-electron chi connectivity index (χ4n) is 1.65. The number of halogens is 1. The first-order chi connectivity index (χ1) is 9.54. The minimum absolute atomic E-state index is 0.226. The largest absolute Gasteiger partial charge is 0.467 e. The Morgan fingerprint density at radius 1 is 1.45 bits per heavy atom. The van der Waals surface area contributed by atoms with Crippen LogP contribution in [0, 0.1) is 0 Å². The Kier molecular flexibility index (Phi) is 4.59. The normalized spacial score (nSPS) is 12.2. The molecule has 0 spiro atoms. The number of benzene rings is 1. The van der Waals surface area contributed by atoms with Crippen LogP contribution < -0.4 is 5.32 Å². The maximum absolute atomic E-state index is 12.0. The molecular weight excluding hydrogens is 302 g/mol. The lowest BCUT2D eigenvalue weighted by atomic mass is 10.2. The minimum atomic E-state index is -1.39. The molecule has 0 aliphatic heterocycles. The van der Waals surface area contributed by atoms with Crippen molar-refractivity contribution >= 4 is 44.9 Å². The second-order valence-corrected chi connectivity index (χ2v) is 5.42. The summed E-state index contributed by atoms with van der Waals surface area (Å²) in [5.74, 6) is -1.23. The van der Waals surface area contributed by atoms with Crippen LogP contribution in [-0.2, 0) is 9.53 Å². The first kappa shape index (κ1) is 14.8. The molecule has 0 aliphatic rings. The zero-order chi connectivity index (χ0) is 14.7. The molecule has 2 N–H and O–H groups in total. The number of hydrogen-bond acceptors (Lipinski definition) is 5. The monoisotopic (exact) mass is 313 g/mol. The van der Waals surface area contributed by atoms with Crippen LogP contribution in [0.2, 0.25) is 5.02 Å². The van der Waals surface area contributed by atoms with Crippen LogP contribution in [0.1, 0.15) is 9.67 Å². The van der Waals surface area contributed by atoms with Gasteiger partial charge in [0.2, 0.25) is 0 Å². The number of ether oxygens (including phenoxy) is 1. The molecule has 1 unspecified atom stereocenters. The van der Waals surface area contributed by atoms with Crippen LogP contribution in [0.4, 0.5) is 0 Å². The highest BCUT2D eigenvalue weighted by Gasteiger charge is 2.20. The van der Waals surface area contributed by atoms with Crippen LogP contribution in [-0.4, -0.2) is 36.7 Å². The summed E-state index contributed by atoms with van der Waals surface area (Å²) in [4.78, 5) is 23.4. The lowest BCUT2D eigenvalue weighted by Crippen LogP contribution is -2.37. The topological polar surface area (TPSA) is 75.6 Å². The van der Waals surface area contributed by atoms with Crippen LogP contribution in [0.15, 0.2) is 24.3 Å². The summed E-state index contributed by atoms with van der Waals surface area (Å²) in [6, 6.07) is 7.39. The SMILES string of the molecule is COC(=O)C(O)CNC(=O)c1sc2ccccc2c1Cl. The average molecular weight is 314 g/mol. The summed E-state index contributed by atoms with van der Waals surface area (Å²) < 4.78 is 5.26. The Labute approximate surface area is 124 Å². The lowest BCUT2D eigenvalue weighted by molar-refractivity contribution is -0.149. The molecular formula is C13H12ClNO4S. The number of amides is 1. The predicted molar refractivity (Wildman–Crippen MR) is 77.2 cm³/mol. The van der Waals surface area contributed by atoms with Crippen LogP contribution in [0.5, 0.6) is 0 Å². The summed E-state index contributed by atoms with van der Waals surface area (Å²) in [6.45, 7) is -0.226. The van der Waals surface area contributed by atoms with Crippen molar-refractivity contribution < 1.29 is 19.4 Å². The Hall–Kier alpha value is -1.63. The van der Waals surface area contributed by atoms with Crippen molar-refractivity contribution in [2.45, 2.75) is 6.10 Å². The van der Waals surface area contributed by atoms with Crippen molar-refractivity contribution in [3.63, 3.8) is 0 Å². The summed E-state index contributed by atoms with van der Waals surface area (Å²) in [5.41, 5.74) is 0. The molecule has 1 aromatic carbocycles. The number of thiophene rings is 1. The van der Waals surface area contributed by atoms with Gasteiger partial charge in [-0.3, -0.25) is 4.79 Å². The van der Waals surface area contributed by atoms with E-state index in [4.69, 9.17) is 11.6 Å². The number of methoxy groups -OCH3 is 1. The van der Waals surface area contributed by atoms with Crippen molar-refractivity contribution in [2.75, 3.05) is 13.7 Å². The molecule has 5 nitrogen and oxygen atoms in total. The highest BCUT2D eigenvalue weighted by atomic mass is 35.5. The fourth-order valence-corrected chi connectivity index (χ4v) is 3.08. The molecule has 2 aromatic rings. The van der Waals surface area contributed by atoms with Gasteiger partial charge in [-0.15, -0.1) is 11.3 Å². The van der Waals surface area contributed by atoms with Gasteiger partial charge in [-0.2, -0.15) is 0 Å². The van der Waals surface area contributed by atoms with Gasteiger partial charge in [-0.1, -0.05) is 29.8 Å². The van der Waals surface area contributed by atoms with E-state index in [-0.39, 0.29) is 6.54 Å². The van der Waals surface area contributed by atoms with E-state index in [1.165, 1.54) is 11.3 Å². The van der Waals surface area contributed by atoms with Crippen LogP contribution in [0.25, 0.3) is 10.1 Å². The molecule has 0 fully saturated rings. The molecule has 1 aromatic heterocycles. The molecule has 7 heteroatoms. The number of aliphatic hydroxyl groups is 1. The molecule has 2 rings (SSSR count). The number of carbonyl (C=O) groups is 2. The number of nitrogens with one attached hydrogen (secondary N) is 1. The summed E-state index contributed by atoms with van der Waals surface area (Å²) in [6.07, 6.45) is -1.39. The first-order valence-corrected chi connectivity index (χ1v) is 6.95. The maximum Gasteiger partial charge on any atom is 0.336 e. The van der Waals surface area contributed by atoms with Gasteiger partial charge in [0, 0.05) is 10.1 Å². The predicted octanol–water partition coefficient (Wildman–Crippen LogP) is 1.82. The second-order valence-electron chi connectivity index (χ2n) is 3.99. The first-order valence-electron chi connectivity index (χ1n) is 5.75. The summed E-state index contributed by atoms with van der Waals surface area (Å²) in [5, 5.41) is 13.0. The number of carbonyl (C=O) groups excluding carboxylic acids is 2. The number of hydrogen-bond donors (Lipinski definition) is 2. The van der Waals surface area contributed by atoms with Crippen molar-refractivity contribution in [1.82, 2.24) is 5.32 Å². The quantitative estimate of drug-likeness (QED) is 0.844. The zero-order valence-corrected chi connectivity index (χ0v) is 12.1. The smallest absolute Gasteiger partial charge is 0.336 e. The number of esters is 1. The van der Waals surface area contributed by atoms with Gasteiger partial charge in [0.25, 0.3) is 5.91 Å². The maximum atomic E-state index is 12.0. The molecule has 0 aliphatic carbocycles. The minimum Gasteiger partial charge on any atom is -0.467 e. The van der Waals surface area contributed by atoms with Gasteiger partial charge in [0.05, 0.1) is 18.7 Å². The van der Waals surface area contributed by atoms with Crippen molar-refractivity contribution in [2.24, 2.45) is 0 Å². The van der Waals surface area contributed by atoms with Gasteiger partial charge in [-0.05, 0) is 6.07 Å². The Morgan fingerprint density at radius 3 is 2.80 bits per heavy atom. The zero-order valence-electron chi connectivity index (χ0n) is 10.6. The number of rotatable bonds is 4. The number of fused-ring (bicyclic) bond motifs is 1. The molecule has 0 saturated carbocycles. The summed E-state index contributed by atoms with van der Waals surface area (Å²) in [7, 11) is 1.16. The Bertz CT molecular complexity index is 655. The fraction of sp³-hybridized carbons (Fsp3) is 0.231. The molecule has 1 amide bonds. The van der Waals surface area contributed by atoms with Gasteiger partial charge < -0.3 is 15.2 Å². The van der Waals surface area contributed by atoms with Crippen molar-refractivity contribution in [3.8, 4) is 0 Å². The van der Waals surface area contributed by atoms with Gasteiger partial charge in [0.15, 0.2) is 6.10 Å². The van der Waals surface area contributed by atoms with E-state index in [1.807, 2.05) is 24.3 Å². The van der Waals surface area contributed by atoms with E-state index in [1.54, 1.807) is 0 Å². The standard InChI is InChI=1S/C13H12ClNO4S/c1-19-13(18)8(16)6-15-12(17)11-10(14)7-4-2-3-5-9(7)20-11/h2-5,8,16H,6H2,1H3,(H,15,17). The Morgan fingerprint density at radius 2 is 2.15 bits per heavy atom. The van der Waals surface area contributed by atoms with Gasteiger partial charge in [0.1, 0.15) is 4.88 Å². The van der Waals surface area contributed by atoms with Crippen molar-refractivity contribution in [3.05, 3.63) is 34.2 Å². The molecule has 0 saturated heterocycles. The van der Waals surface area contributed by atoms with Gasteiger partial charge >= 0.3 is 5.97 Å². The molecule has 20 heavy (non-hydrogen) atoms. The highest BCUT2D eigenvalue weighted by Crippen LogP contribution is 2.34. The van der Waals surface area contributed by atoms with Crippen LogP contribution >= 0.6 is 22.9 Å². The van der Waals surface area contributed by atoms with E-state index >= 15 is 0 Å². The molecule has 0 bridgehead atoms. The van der Waals surface area contributed by atoms with Gasteiger partial charge in [-0.25, -0.2) is 4.79 Å². The van der Waals surface area contributed by atoms with E-state index in [0.29, 0.717) is 9.90 Å². The third kappa shape index (κ3) is 2.92. The third-order valence-corrected chi connectivity index (χ3v) is 4.34. The summed E-state index contributed by atoms with van der Waals surface area (Å²) >= 11 is 7.41.